The van der Waals surface area contributed by atoms with Crippen LogP contribution in [0.5, 0.6) is 5.75 Å². The van der Waals surface area contributed by atoms with Gasteiger partial charge >= 0.3 is 0 Å². The molecule has 22 heavy (non-hydrogen) atoms. The molecule has 7 heteroatoms. The van der Waals surface area contributed by atoms with Crippen LogP contribution in [0.15, 0.2) is 48.5 Å². The molecule has 0 aromatic heterocycles. The minimum atomic E-state index is -2.69. The normalized spacial score (nSPS) is 13.4. The Morgan fingerprint density at radius 2 is 1.91 bits per heavy atom. The van der Waals surface area contributed by atoms with Crippen molar-refractivity contribution >= 4 is 29.3 Å². The van der Waals surface area contributed by atoms with Gasteiger partial charge in [0.2, 0.25) is 0 Å². The van der Waals surface area contributed by atoms with E-state index in [4.69, 9.17) is 20.9 Å². The van der Waals surface area contributed by atoms with Crippen LogP contribution in [0.2, 0.25) is 0 Å². The fraction of sp³-hybridized carbons (Fsp3) is 0.200. The molecule has 0 aliphatic rings. The number of nitro benzene ring substituents is 1. The van der Waals surface area contributed by atoms with E-state index in [1.54, 1.807) is 19.1 Å². The van der Waals surface area contributed by atoms with Crippen LogP contribution in [-0.2, 0) is 16.3 Å². The minimum Gasteiger partial charge on any atom is -0.440 e. The number of nitro groups is 1. The summed E-state index contributed by atoms with van der Waals surface area (Å²) in [6, 6.07) is 14.0. The topological polar surface area (TPSA) is 61.6 Å². The van der Waals surface area contributed by atoms with E-state index in [0.29, 0.717) is 17.9 Å². The van der Waals surface area contributed by atoms with Crippen molar-refractivity contribution in [3.05, 3.63) is 64.2 Å². The Hall–Kier alpha value is -1.75. The number of rotatable bonds is 6. The van der Waals surface area contributed by atoms with Gasteiger partial charge < -0.3 is 9.05 Å². The minimum absolute atomic E-state index is 0.0526. The first-order valence-electron chi connectivity index (χ1n) is 6.71. The van der Waals surface area contributed by atoms with Gasteiger partial charge in [-0.05, 0) is 49.9 Å². The van der Waals surface area contributed by atoms with E-state index >= 15 is 0 Å². The van der Waals surface area contributed by atoms with Crippen molar-refractivity contribution in [2.24, 2.45) is 0 Å². The van der Waals surface area contributed by atoms with Crippen molar-refractivity contribution < 1.29 is 14.0 Å². The molecule has 0 amide bonds. The third kappa shape index (κ3) is 3.71. The van der Waals surface area contributed by atoms with Crippen LogP contribution in [0.4, 0.5) is 5.69 Å². The SMILES string of the molecule is CCOP(=S)(Oc1ccc([N+](=O)[O-])c(C)c1)c1ccccc1. The first-order valence-corrected chi connectivity index (χ1v) is 9.35. The molecule has 0 saturated carbocycles. The van der Waals surface area contributed by atoms with E-state index in [1.807, 2.05) is 37.3 Å². The number of benzene rings is 2. The van der Waals surface area contributed by atoms with E-state index in [-0.39, 0.29) is 5.69 Å². The van der Waals surface area contributed by atoms with E-state index in [1.165, 1.54) is 6.07 Å². The quantitative estimate of drug-likeness (QED) is 0.454. The number of hydrogen-bond acceptors (Lipinski definition) is 5. The lowest BCUT2D eigenvalue weighted by Gasteiger charge is -2.22. The average molecular weight is 337 g/mol. The fourth-order valence-electron chi connectivity index (χ4n) is 1.96. The van der Waals surface area contributed by atoms with E-state index in [9.17, 15) is 10.1 Å². The zero-order valence-electron chi connectivity index (χ0n) is 12.3. The van der Waals surface area contributed by atoms with Gasteiger partial charge in [-0.15, -0.1) is 0 Å². The van der Waals surface area contributed by atoms with Gasteiger partial charge in [-0.2, -0.15) is 0 Å². The Balaban J connectivity index is 2.35. The second-order valence-corrected chi connectivity index (χ2v) is 7.94. The number of aryl methyl sites for hydroxylation is 1. The molecule has 0 radical (unpaired) electrons. The van der Waals surface area contributed by atoms with Gasteiger partial charge in [0.15, 0.2) is 0 Å². The maximum Gasteiger partial charge on any atom is 0.272 e. The Labute approximate surface area is 134 Å². The van der Waals surface area contributed by atoms with E-state index in [2.05, 4.69) is 0 Å². The molecule has 0 bridgehead atoms. The molecule has 2 aromatic rings. The summed E-state index contributed by atoms with van der Waals surface area (Å²) in [6.45, 7) is 1.26. The van der Waals surface area contributed by atoms with Gasteiger partial charge in [0.1, 0.15) is 5.75 Å². The zero-order chi connectivity index (χ0) is 16.2. The van der Waals surface area contributed by atoms with Gasteiger partial charge in [0.05, 0.1) is 11.5 Å². The predicted octanol–water partition coefficient (Wildman–Crippen LogP) is 3.95. The first kappa shape index (κ1) is 16.6. The van der Waals surface area contributed by atoms with Crippen molar-refractivity contribution in [3.63, 3.8) is 0 Å². The standard InChI is InChI=1S/C15H16NO4PS/c1-3-19-21(22,14-7-5-4-6-8-14)20-13-9-10-15(16(17)18)12(2)11-13/h4-11H,3H2,1-2H3. The molecule has 1 atom stereocenters. The summed E-state index contributed by atoms with van der Waals surface area (Å²) in [5.74, 6) is 0.476. The van der Waals surface area contributed by atoms with Crippen LogP contribution >= 0.6 is 6.49 Å². The largest absolute Gasteiger partial charge is 0.440 e. The van der Waals surface area contributed by atoms with Crippen molar-refractivity contribution in [1.29, 1.82) is 0 Å². The first-order chi connectivity index (χ1) is 10.5. The monoisotopic (exact) mass is 337 g/mol. The van der Waals surface area contributed by atoms with Crippen LogP contribution in [0, 0.1) is 17.0 Å². The van der Waals surface area contributed by atoms with Crippen LogP contribution in [0.25, 0.3) is 0 Å². The summed E-state index contributed by atoms with van der Waals surface area (Å²) in [7, 11) is 0. The number of nitrogens with zero attached hydrogens (tertiary/aromatic N) is 1. The van der Waals surface area contributed by atoms with E-state index in [0.717, 1.165) is 5.30 Å². The van der Waals surface area contributed by atoms with Crippen LogP contribution in [0.3, 0.4) is 0 Å². The third-order valence-corrected chi connectivity index (χ3v) is 6.11. The highest BCUT2D eigenvalue weighted by Crippen LogP contribution is 2.47. The van der Waals surface area contributed by atoms with Gasteiger partial charge in [0.25, 0.3) is 12.2 Å². The smallest absolute Gasteiger partial charge is 0.272 e. The molecular formula is C15H16NO4PS. The van der Waals surface area contributed by atoms with Crippen molar-refractivity contribution in [2.45, 2.75) is 13.8 Å². The van der Waals surface area contributed by atoms with Crippen LogP contribution in [-0.4, -0.2) is 11.5 Å². The summed E-state index contributed by atoms with van der Waals surface area (Å²) in [6.07, 6.45) is 0. The molecule has 0 aliphatic carbocycles. The fourth-order valence-corrected chi connectivity index (χ4v) is 4.48. The third-order valence-electron chi connectivity index (χ3n) is 2.96. The molecule has 5 nitrogen and oxygen atoms in total. The van der Waals surface area contributed by atoms with E-state index < -0.39 is 11.4 Å². The van der Waals surface area contributed by atoms with Crippen LogP contribution < -0.4 is 9.83 Å². The summed E-state index contributed by atoms with van der Waals surface area (Å²) in [5.41, 5.74) is 0.574. The molecule has 0 heterocycles. The highest BCUT2D eigenvalue weighted by molar-refractivity contribution is 8.13. The Morgan fingerprint density at radius 3 is 2.45 bits per heavy atom. The second kappa shape index (κ2) is 7.01. The Bertz CT molecular complexity index is 721. The Morgan fingerprint density at radius 1 is 1.23 bits per heavy atom. The van der Waals surface area contributed by atoms with Crippen molar-refractivity contribution in [2.75, 3.05) is 6.61 Å². The van der Waals surface area contributed by atoms with Crippen molar-refractivity contribution in [3.8, 4) is 5.75 Å². The molecule has 1 unspecified atom stereocenters. The van der Waals surface area contributed by atoms with Gasteiger partial charge in [-0.1, -0.05) is 18.2 Å². The maximum atomic E-state index is 10.9. The summed E-state index contributed by atoms with van der Waals surface area (Å²) >= 11 is 5.61. The highest BCUT2D eigenvalue weighted by atomic mass is 32.5. The lowest BCUT2D eigenvalue weighted by atomic mass is 10.2. The Kier molecular flexibility index (Phi) is 5.29. The highest BCUT2D eigenvalue weighted by Gasteiger charge is 2.24. The summed E-state index contributed by atoms with van der Waals surface area (Å²) in [5, 5.41) is 11.7. The van der Waals surface area contributed by atoms with Crippen LogP contribution in [0.1, 0.15) is 12.5 Å². The van der Waals surface area contributed by atoms with Gasteiger partial charge in [0, 0.05) is 16.9 Å². The predicted molar refractivity (Wildman–Crippen MR) is 90.4 cm³/mol. The molecule has 0 saturated heterocycles. The molecule has 0 fully saturated rings. The molecule has 0 aliphatic heterocycles. The maximum absolute atomic E-state index is 10.9. The average Bonchev–Trinajstić information content (AvgIpc) is 2.48. The summed E-state index contributed by atoms with van der Waals surface area (Å²) < 4.78 is 11.6. The number of hydrogen-bond donors (Lipinski definition) is 0. The second-order valence-electron chi connectivity index (χ2n) is 4.55. The lowest BCUT2D eigenvalue weighted by molar-refractivity contribution is -0.385. The molecule has 116 valence electrons. The van der Waals surface area contributed by atoms with Gasteiger partial charge in [-0.25, -0.2) is 0 Å². The van der Waals surface area contributed by atoms with Gasteiger partial charge in [-0.3, -0.25) is 10.1 Å². The lowest BCUT2D eigenvalue weighted by Crippen LogP contribution is -2.12. The molecule has 2 rings (SSSR count). The zero-order valence-corrected chi connectivity index (χ0v) is 14.0. The summed E-state index contributed by atoms with van der Waals surface area (Å²) in [4.78, 5) is 10.4. The van der Waals surface area contributed by atoms with Crippen molar-refractivity contribution in [1.82, 2.24) is 0 Å². The molecular weight excluding hydrogens is 321 g/mol. The molecule has 0 spiro atoms. The molecule has 2 aromatic carbocycles. The molecule has 0 N–H and O–H groups in total.